The van der Waals surface area contributed by atoms with Crippen LogP contribution in [0.3, 0.4) is 0 Å². The summed E-state index contributed by atoms with van der Waals surface area (Å²) in [7, 11) is -4.62. The van der Waals surface area contributed by atoms with Crippen molar-refractivity contribution >= 4 is 19.2 Å². The predicted octanol–water partition coefficient (Wildman–Crippen LogP) is 5.37. The molecule has 0 saturated carbocycles. The van der Waals surface area contributed by atoms with Crippen molar-refractivity contribution in [1.82, 2.24) is 0 Å². The third-order valence-electron chi connectivity index (χ3n) is 4.44. The largest absolute Gasteiger partial charge is 0.493 e. The van der Waals surface area contributed by atoms with Gasteiger partial charge in [-0.05, 0) is 50.1 Å². The fourth-order valence-electron chi connectivity index (χ4n) is 2.67. The molecule has 0 radical (unpaired) electrons. The zero-order valence-electron chi connectivity index (χ0n) is 18.2. The molecule has 2 rings (SSSR count). The summed E-state index contributed by atoms with van der Waals surface area (Å²) < 4.78 is 97.6. The van der Waals surface area contributed by atoms with E-state index < -0.39 is 42.6 Å². The smallest absolute Gasteiger partial charge is 0.469 e. The molecule has 0 aliphatic rings. The summed E-state index contributed by atoms with van der Waals surface area (Å²) in [5.74, 6) is 5.02. The van der Waals surface area contributed by atoms with Crippen molar-refractivity contribution in [2.75, 3.05) is 13.2 Å². The summed E-state index contributed by atoms with van der Waals surface area (Å²) in [4.78, 5) is 19.1. The van der Waals surface area contributed by atoms with Crippen LogP contribution in [-0.2, 0) is 27.9 Å². The Balaban J connectivity index is 1.90. The van der Waals surface area contributed by atoms with Crippen LogP contribution in [-0.4, -0.2) is 28.5 Å². The van der Waals surface area contributed by atoms with E-state index in [0.717, 1.165) is 4.88 Å². The fourth-order valence-corrected chi connectivity index (χ4v) is 4.02. The number of phosphoric ester groups is 1. The van der Waals surface area contributed by atoms with Gasteiger partial charge in [-0.1, -0.05) is 11.8 Å². The summed E-state index contributed by atoms with van der Waals surface area (Å²) in [6.07, 6.45) is -8.96. The highest BCUT2D eigenvalue weighted by atomic mass is 32.1. The average molecular weight is 545 g/mol. The summed E-state index contributed by atoms with van der Waals surface area (Å²) >= 11 is 1.35. The van der Waals surface area contributed by atoms with Gasteiger partial charge in [0.2, 0.25) is 0 Å². The third-order valence-corrected chi connectivity index (χ3v) is 5.96. The van der Waals surface area contributed by atoms with E-state index in [4.69, 9.17) is 20.3 Å². The number of aryl methyl sites for hydroxylation is 1. The van der Waals surface area contributed by atoms with Crippen LogP contribution in [0, 0.1) is 11.8 Å². The number of phosphoric acid groups is 1. The molecule has 2 aromatic rings. The van der Waals surface area contributed by atoms with E-state index >= 15 is 0 Å². The lowest BCUT2D eigenvalue weighted by molar-refractivity contribution is -0.143. The second-order valence-electron chi connectivity index (χ2n) is 7.83. The van der Waals surface area contributed by atoms with Crippen molar-refractivity contribution in [2.24, 2.45) is 5.73 Å². The maximum absolute atomic E-state index is 12.9. The molecule has 1 aromatic carbocycles. The number of nitrogens with two attached hydrogens (primary N) is 1. The van der Waals surface area contributed by atoms with Crippen LogP contribution in [0.2, 0.25) is 0 Å². The van der Waals surface area contributed by atoms with Gasteiger partial charge in [-0.15, -0.1) is 11.3 Å². The number of benzene rings is 1. The van der Waals surface area contributed by atoms with Gasteiger partial charge in [0, 0.05) is 16.8 Å². The number of thiophene rings is 1. The molecule has 4 N–H and O–H groups in total. The first-order valence-corrected chi connectivity index (χ1v) is 12.3. The summed E-state index contributed by atoms with van der Waals surface area (Å²) in [5, 5.41) is 0. The molecule has 0 spiro atoms. The molecule has 35 heavy (non-hydrogen) atoms. The summed E-state index contributed by atoms with van der Waals surface area (Å²) in [6, 6.07) is 4.57. The Morgan fingerprint density at radius 1 is 1.06 bits per heavy atom. The van der Waals surface area contributed by atoms with E-state index in [1.165, 1.54) is 11.3 Å². The number of ether oxygens (including phenoxy) is 1. The number of halogens is 6. The highest BCUT2D eigenvalue weighted by molar-refractivity contribution is 7.46. The zero-order chi connectivity index (χ0) is 26.5. The van der Waals surface area contributed by atoms with Gasteiger partial charge in [0.1, 0.15) is 5.75 Å². The lowest BCUT2D eigenvalue weighted by Crippen LogP contribution is -2.41. The Bertz CT molecular complexity index is 1080. The van der Waals surface area contributed by atoms with Gasteiger partial charge in [-0.2, -0.15) is 26.3 Å². The second-order valence-corrected chi connectivity index (χ2v) is 10.2. The normalized spacial score (nSPS) is 14.2. The summed E-state index contributed by atoms with van der Waals surface area (Å²) in [6.45, 7) is 1.06. The Kier molecular flexibility index (Phi) is 9.44. The average Bonchev–Trinajstić information content (AvgIpc) is 3.17. The molecule has 0 fully saturated rings. The Labute approximate surface area is 201 Å². The van der Waals surface area contributed by atoms with Crippen molar-refractivity contribution in [1.29, 1.82) is 0 Å². The number of rotatable bonds is 9. The Morgan fingerprint density at radius 2 is 1.66 bits per heavy atom. The van der Waals surface area contributed by atoms with Gasteiger partial charge in [0.25, 0.3) is 0 Å². The minimum atomic E-state index is -4.95. The molecule has 0 bridgehead atoms. The van der Waals surface area contributed by atoms with Crippen LogP contribution in [0.1, 0.15) is 40.6 Å². The molecule has 194 valence electrons. The van der Waals surface area contributed by atoms with Crippen LogP contribution in [0.5, 0.6) is 5.75 Å². The van der Waals surface area contributed by atoms with Crippen LogP contribution in [0.4, 0.5) is 26.3 Å². The number of alkyl halides is 6. The van der Waals surface area contributed by atoms with Crippen molar-refractivity contribution in [3.63, 3.8) is 0 Å². The molecule has 0 aliphatic heterocycles. The molecule has 0 amide bonds. The van der Waals surface area contributed by atoms with Crippen molar-refractivity contribution in [2.45, 2.75) is 44.1 Å². The quantitative estimate of drug-likeness (QED) is 0.170. The second kappa shape index (κ2) is 11.3. The fraction of sp³-hybridized carbons (Fsp3) is 0.429. The lowest BCUT2D eigenvalue weighted by atomic mass is 9.98. The number of hydrogen-bond donors (Lipinski definition) is 3. The van der Waals surface area contributed by atoms with Gasteiger partial charge in [-0.3, -0.25) is 4.52 Å². The highest BCUT2D eigenvalue weighted by Crippen LogP contribution is 2.38. The van der Waals surface area contributed by atoms with E-state index in [9.17, 15) is 30.9 Å². The van der Waals surface area contributed by atoms with E-state index in [-0.39, 0.29) is 25.7 Å². The van der Waals surface area contributed by atoms with Crippen LogP contribution >= 0.6 is 19.2 Å². The molecule has 14 heteroatoms. The molecular formula is C21H22F6NO5PS. The van der Waals surface area contributed by atoms with Crippen LogP contribution in [0.15, 0.2) is 30.3 Å². The van der Waals surface area contributed by atoms with E-state index in [1.807, 2.05) is 0 Å². The molecule has 1 aromatic heterocycles. The minimum Gasteiger partial charge on any atom is -0.493 e. The van der Waals surface area contributed by atoms with Gasteiger partial charge in [-0.25, -0.2) is 4.57 Å². The Morgan fingerprint density at radius 3 is 2.20 bits per heavy atom. The highest BCUT2D eigenvalue weighted by Gasteiger charge is 2.37. The monoisotopic (exact) mass is 545 g/mol. The lowest BCUT2D eigenvalue weighted by Gasteiger charge is -2.24. The van der Waals surface area contributed by atoms with E-state index in [1.54, 1.807) is 19.1 Å². The van der Waals surface area contributed by atoms with E-state index in [2.05, 4.69) is 16.4 Å². The minimum absolute atomic E-state index is 0.0268. The van der Waals surface area contributed by atoms with Crippen molar-refractivity contribution in [3.8, 4) is 17.6 Å². The van der Waals surface area contributed by atoms with Crippen molar-refractivity contribution < 1.29 is 50.0 Å². The molecule has 1 atom stereocenters. The maximum atomic E-state index is 12.9. The predicted molar refractivity (Wildman–Crippen MR) is 117 cm³/mol. The standard InChI is InChI=1S/C21H22F6NO5PS/c1-19(28,13-33-34(29,30)31)8-7-18-6-5-17(35-18)4-2-3-9-32-16-11-14(20(22,23)24)10-15(12-16)21(25,26)27/h5-6,10-12H,3,7-9,13,28H2,1H3,(H2,29,30,31). The maximum Gasteiger partial charge on any atom is 0.469 e. The van der Waals surface area contributed by atoms with Crippen LogP contribution < -0.4 is 10.5 Å². The molecule has 1 heterocycles. The number of hydrogen-bond acceptors (Lipinski definition) is 5. The van der Waals surface area contributed by atoms with Crippen molar-refractivity contribution in [3.05, 3.63) is 51.2 Å². The first kappa shape index (κ1) is 29.2. The SMILES string of the molecule is CC(N)(CCc1ccc(C#CCCOc2cc(C(F)(F)F)cc(C(F)(F)F)c2)s1)COP(=O)(O)O. The Hall–Kier alpha value is -2.07. The first-order valence-electron chi connectivity index (χ1n) is 9.93. The molecule has 0 aliphatic carbocycles. The van der Waals surface area contributed by atoms with Gasteiger partial charge in [0.05, 0.1) is 29.2 Å². The van der Waals surface area contributed by atoms with Gasteiger partial charge < -0.3 is 20.3 Å². The van der Waals surface area contributed by atoms with Crippen LogP contribution in [0.25, 0.3) is 0 Å². The zero-order valence-corrected chi connectivity index (χ0v) is 20.0. The molecule has 6 nitrogen and oxygen atoms in total. The summed E-state index contributed by atoms with van der Waals surface area (Å²) in [5.41, 5.74) is 2.09. The topological polar surface area (TPSA) is 102 Å². The van der Waals surface area contributed by atoms with Gasteiger partial charge >= 0.3 is 20.2 Å². The van der Waals surface area contributed by atoms with Gasteiger partial charge in [0.15, 0.2) is 0 Å². The molecule has 1 unspecified atom stereocenters. The third kappa shape index (κ3) is 10.6. The first-order chi connectivity index (χ1) is 15.9. The van der Waals surface area contributed by atoms with E-state index in [0.29, 0.717) is 29.9 Å². The molecular weight excluding hydrogens is 523 g/mol. The molecule has 0 saturated heterocycles.